The molecule has 20 heteroatoms. The lowest BCUT2D eigenvalue weighted by Crippen LogP contribution is -2.44. The van der Waals surface area contributed by atoms with Crippen LogP contribution in [0.3, 0.4) is 0 Å². The van der Waals surface area contributed by atoms with Gasteiger partial charge in [0.25, 0.3) is 10.2 Å². The predicted octanol–water partition coefficient (Wildman–Crippen LogP) is 6.11. The van der Waals surface area contributed by atoms with Gasteiger partial charge in [0.05, 0.1) is 28.0 Å². The molecule has 49 heavy (non-hydrogen) atoms. The molecule has 0 saturated carbocycles. The van der Waals surface area contributed by atoms with Crippen LogP contribution in [0.15, 0.2) is 36.4 Å². The molecule has 0 radical (unpaired) electrons. The Morgan fingerprint density at radius 3 is 1.63 bits per heavy atom. The van der Waals surface area contributed by atoms with E-state index in [9.17, 15) is 16.8 Å². The Morgan fingerprint density at radius 2 is 1.24 bits per heavy atom. The molecule has 0 bridgehead atoms. The lowest BCUT2D eigenvalue weighted by molar-refractivity contribution is 0.300. The fourth-order valence-corrected chi connectivity index (χ4v) is 8.47. The molecule has 13 nitrogen and oxygen atoms in total. The van der Waals surface area contributed by atoms with Crippen molar-refractivity contribution in [1.29, 1.82) is 0 Å². The van der Waals surface area contributed by atoms with Gasteiger partial charge in [-0.25, -0.2) is 8.42 Å². The van der Waals surface area contributed by atoms with Crippen molar-refractivity contribution in [3.05, 3.63) is 66.2 Å². The first-order valence-electron chi connectivity index (χ1n) is 15.5. The molecule has 4 aromatic heterocycles. The quantitative estimate of drug-likeness (QED) is 0.119. The summed E-state index contributed by atoms with van der Waals surface area (Å²) in [5.41, 5.74) is 2.29. The Bertz CT molecular complexity index is 1800. The van der Waals surface area contributed by atoms with Crippen LogP contribution in [0.5, 0.6) is 0 Å². The highest BCUT2D eigenvalue weighted by molar-refractivity contribution is 8.13. The number of aromatic nitrogens is 4. The number of nitrogens with zero attached hydrogens (tertiary/aromatic N) is 4. The van der Waals surface area contributed by atoms with Crippen molar-refractivity contribution in [1.82, 2.24) is 34.3 Å². The molecule has 0 unspecified atom stereocenters. The van der Waals surface area contributed by atoms with Crippen molar-refractivity contribution < 1.29 is 16.8 Å². The smallest absolute Gasteiger partial charge is 0.281 e. The van der Waals surface area contributed by atoms with Crippen molar-refractivity contribution >= 4 is 87.5 Å². The molecular weight excluding hydrogens is 773 g/mol. The standard InChI is InChI=1S/C15H22ClN5O2S2.C13H17ClN4S.CH3ClO2S/c1-20(2)25(22,23)21-7-5-11(6-8-21)13-9-15(19-18-13)17-10-12-3-4-14(16)24-12;14-12-2-1-10(19-12)8-16-13-7-11(17-18-13)9-3-5-15-6-4-9;1-5(2,3)4/h3-4,9,11H,5-8,10H2,1-2H3,(H2,17,18,19);1-2,7,9,15H,3-6,8H2,(H2,16,17,18);1H3. The molecule has 5 N–H and O–H groups in total. The second-order valence-electron chi connectivity index (χ2n) is 11.7. The molecule has 2 aliphatic heterocycles. The van der Waals surface area contributed by atoms with E-state index >= 15 is 0 Å². The van der Waals surface area contributed by atoms with E-state index in [4.69, 9.17) is 23.2 Å². The van der Waals surface area contributed by atoms with E-state index in [1.165, 1.54) is 27.7 Å². The van der Waals surface area contributed by atoms with Crippen LogP contribution >= 0.6 is 56.6 Å². The maximum absolute atomic E-state index is 12.2. The summed E-state index contributed by atoms with van der Waals surface area (Å²) in [5, 5.41) is 24.9. The van der Waals surface area contributed by atoms with E-state index in [0.29, 0.717) is 31.5 Å². The lowest BCUT2D eigenvalue weighted by atomic mass is 9.95. The number of piperidine rings is 2. The highest BCUT2D eigenvalue weighted by atomic mass is 35.7. The number of anilines is 2. The van der Waals surface area contributed by atoms with Crippen LogP contribution in [0.2, 0.25) is 8.67 Å². The normalized spacial score (nSPS) is 16.5. The molecule has 2 saturated heterocycles. The Morgan fingerprint density at radius 1 is 0.816 bits per heavy atom. The van der Waals surface area contributed by atoms with Gasteiger partial charge in [-0.2, -0.15) is 27.2 Å². The first kappa shape index (κ1) is 39.8. The topological polar surface area (TPSA) is 168 Å². The van der Waals surface area contributed by atoms with Crippen LogP contribution in [0.4, 0.5) is 11.6 Å². The minimum atomic E-state index is -3.32. The van der Waals surface area contributed by atoms with Gasteiger partial charge < -0.3 is 16.0 Å². The van der Waals surface area contributed by atoms with Crippen LogP contribution in [-0.2, 0) is 32.3 Å². The van der Waals surface area contributed by atoms with Crippen LogP contribution < -0.4 is 16.0 Å². The third kappa shape index (κ3) is 13.3. The molecule has 0 atom stereocenters. The van der Waals surface area contributed by atoms with Crippen LogP contribution in [-0.4, -0.2) is 92.4 Å². The zero-order valence-electron chi connectivity index (χ0n) is 27.4. The molecule has 272 valence electrons. The minimum absolute atomic E-state index is 0.299. The largest absolute Gasteiger partial charge is 0.364 e. The van der Waals surface area contributed by atoms with Gasteiger partial charge in [-0.1, -0.05) is 23.2 Å². The van der Waals surface area contributed by atoms with E-state index in [2.05, 4.69) is 53.1 Å². The Hall–Kier alpha value is -1.93. The summed E-state index contributed by atoms with van der Waals surface area (Å²) in [7, 11) is 1.12. The molecule has 4 aromatic rings. The summed E-state index contributed by atoms with van der Waals surface area (Å²) in [6.07, 6.45) is 4.86. The van der Waals surface area contributed by atoms with Gasteiger partial charge in [0.2, 0.25) is 9.05 Å². The number of hydrogen-bond acceptors (Lipinski definition) is 11. The fourth-order valence-electron chi connectivity index (χ4n) is 5.28. The summed E-state index contributed by atoms with van der Waals surface area (Å²) >= 11 is 15.0. The molecule has 2 aliphatic rings. The van der Waals surface area contributed by atoms with E-state index in [1.54, 1.807) is 41.1 Å². The van der Waals surface area contributed by atoms with Gasteiger partial charge in [-0.3, -0.25) is 10.2 Å². The number of halogens is 3. The van der Waals surface area contributed by atoms with E-state index in [1.807, 2.05) is 30.3 Å². The minimum Gasteiger partial charge on any atom is -0.364 e. The number of aromatic amines is 2. The number of rotatable bonds is 10. The zero-order valence-corrected chi connectivity index (χ0v) is 32.9. The van der Waals surface area contributed by atoms with Crippen molar-refractivity contribution in [3.63, 3.8) is 0 Å². The molecule has 0 spiro atoms. The molecule has 0 aromatic carbocycles. The molecular formula is C29H42Cl3N9O4S4. The Kier molecular flexibility index (Phi) is 15.1. The fraction of sp³-hybridized carbons (Fsp3) is 0.517. The average Bonchev–Trinajstić information content (AvgIpc) is 3.88. The number of nitrogens with one attached hydrogen (secondary N) is 5. The van der Waals surface area contributed by atoms with Gasteiger partial charge >= 0.3 is 0 Å². The summed E-state index contributed by atoms with van der Waals surface area (Å²) < 4.78 is 47.5. The van der Waals surface area contributed by atoms with Crippen molar-refractivity contribution in [2.45, 2.75) is 50.6 Å². The van der Waals surface area contributed by atoms with Gasteiger partial charge in [0.15, 0.2) is 0 Å². The number of H-pyrrole nitrogens is 2. The highest BCUT2D eigenvalue weighted by Gasteiger charge is 2.30. The predicted molar refractivity (Wildman–Crippen MR) is 202 cm³/mol. The third-order valence-electron chi connectivity index (χ3n) is 7.80. The van der Waals surface area contributed by atoms with E-state index in [0.717, 1.165) is 69.6 Å². The Balaban J connectivity index is 0.000000199. The van der Waals surface area contributed by atoms with Gasteiger partial charge in [0, 0.05) is 83.0 Å². The SMILES string of the molecule is CN(C)S(=O)(=O)N1CCC(c2cc(NCc3ccc(Cl)s3)n[nH]2)CC1.CS(=O)(=O)Cl.Clc1ccc(CNc2cc(C3CCNCC3)[nH]n2)s1. The molecule has 2 fully saturated rings. The number of thiophene rings is 2. The van der Waals surface area contributed by atoms with E-state index in [-0.39, 0.29) is 0 Å². The van der Waals surface area contributed by atoms with Crippen molar-refractivity contribution in [2.75, 3.05) is 57.2 Å². The Labute approximate surface area is 310 Å². The molecule has 6 rings (SSSR count). The van der Waals surface area contributed by atoms with Crippen molar-refractivity contribution in [3.8, 4) is 0 Å². The molecule has 0 amide bonds. The third-order valence-corrected chi connectivity index (χ3v) is 12.2. The lowest BCUT2D eigenvalue weighted by Gasteiger charge is -2.32. The van der Waals surface area contributed by atoms with Gasteiger partial charge in [-0.15, -0.1) is 22.7 Å². The highest BCUT2D eigenvalue weighted by Crippen LogP contribution is 2.30. The van der Waals surface area contributed by atoms with Crippen LogP contribution in [0.25, 0.3) is 0 Å². The van der Waals surface area contributed by atoms with Crippen molar-refractivity contribution in [2.24, 2.45) is 0 Å². The van der Waals surface area contributed by atoms with Crippen LogP contribution in [0.1, 0.15) is 58.7 Å². The maximum atomic E-state index is 12.2. The maximum Gasteiger partial charge on any atom is 0.281 e. The second-order valence-corrected chi connectivity index (χ2v) is 20.5. The molecule has 0 aliphatic carbocycles. The average molecular weight is 815 g/mol. The van der Waals surface area contributed by atoms with E-state index < -0.39 is 19.3 Å². The monoisotopic (exact) mass is 813 g/mol. The summed E-state index contributed by atoms with van der Waals surface area (Å²) in [6, 6.07) is 12.0. The first-order valence-corrected chi connectivity index (χ1v) is 22.0. The van der Waals surface area contributed by atoms with Gasteiger partial charge in [0.1, 0.15) is 11.6 Å². The second kappa shape index (κ2) is 18.5. The zero-order chi connectivity index (χ0) is 35.6. The first-order chi connectivity index (χ1) is 23.2. The summed E-state index contributed by atoms with van der Waals surface area (Å²) in [6.45, 7) is 4.71. The molecule has 6 heterocycles. The number of hydrogen-bond donors (Lipinski definition) is 5. The summed E-state index contributed by atoms with van der Waals surface area (Å²) in [4.78, 5) is 2.37. The van der Waals surface area contributed by atoms with Crippen LogP contribution in [0, 0.1) is 0 Å². The van der Waals surface area contributed by atoms with Gasteiger partial charge in [-0.05, 0) is 63.0 Å². The summed E-state index contributed by atoms with van der Waals surface area (Å²) in [5.74, 6) is 2.62.